The molecule has 144 valence electrons. The van der Waals surface area contributed by atoms with E-state index in [1.165, 1.54) is 4.90 Å². The minimum atomic E-state index is -0.891. The first kappa shape index (κ1) is 19.3. The Morgan fingerprint density at radius 3 is 2.62 bits per heavy atom. The van der Waals surface area contributed by atoms with Crippen molar-refractivity contribution in [2.24, 2.45) is 0 Å². The van der Waals surface area contributed by atoms with Crippen LogP contribution in [0.15, 0.2) is 24.3 Å². The van der Waals surface area contributed by atoms with Crippen molar-refractivity contribution in [1.82, 2.24) is 4.90 Å². The minimum Gasteiger partial charge on any atom is -0.377 e. The lowest BCUT2D eigenvalue weighted by Gasteiger charge is -2.22. The number of amides is 1. The normalized spacial score (nSPS) is 22.7. The highest BCUT2D eigenvalue weighted by Crippen LogP contribution is 2.30. The fourth-order valence-corrected chi connectivity index (χ4v) is 3.14. The lowest BCUT2D eigenvalue weighted by Crippen LogP contribution is -2.31. The molecule has 7 nitrogen and oxygen atoms in total. The fraction of sp³-hybridized carbons (Fsp3) is 0.632. The first-order valence-corrected chi connectivity index (χ1v) is 9.24. The van der Waals surface area contributed by atoms with Gasteiger partial charge in [0.2, 0.25) is 0 Å². The third-order valence-electron chi connectivity index (χ3n) is 4.54. The van der Waals surface area contributed by atoms with E-state index in [4.69, 9.17) is 18.9 Å². The van der Waals surface area contributed by atoms with E-state index in [0.29, 0.717) is 50.7 Å². The number of carbonyl (C=O) groups is 1. The Bertz CT molecular complexity index is 575. The molecule has 0 bridgehead atoms. The average Bonchev–Trinajstić information content (AvgIpc) is 2.92. The van der Waals surface area contributed by atoms with E-state index >= 15 is 0 Å². The van der Waals surface area contributed by atoms with Crippen LogP contribution in [0, 0.1) is 0 Å². The van der Waals surface area contributed by atoms with Crippen LogP contribution in [-0.4, -0.2) is 68.4 Å². The minimum absolute atomic E-state index is 0.0860. The molecule has 2 aliphatic heterocycles. The SMILES string of the molecule is O=C1c2ccccc2C(O)N1CCOCCOCCOC1CCCCO1. The van der Waals surface area contributed by atoms with Crippen LogP contribution in [0.4, 0.5) is 0 Å². The second kappa shape index (κ2) is 9.99. The third kappa shape index (κ3) is 5.02. The number of aliphatic hydroxyl groups is 1. The van der Waals surface area contributed by atoms with Gasteiger partial charge in [-0.3, -0.25) is 4.79 Å². The summed E-state index contributed by atoms with van der Waals surface area (Å²) in [5.74, 6) is -0.157. The summed E-state index contributed by atoms with van der Waals surface area (Å²) in [6.07, 6.45) is 2.24. The van der Waals surface area contributed by atoms with Crippen LogP contribution in [0.25, 0.3) is 0 Å². The molecule has 1 fully saturated rings. The van der Waals surface area contributed by atoms with E-state index in [1.807, 2.05) is 6.07 Å². The Kier molecular flexibility index (Phi) is 7.40. The van der Waals surface area contributed by atoms with Gasteiger partial charge < -0.3 is 29.0 Å². The number of nitrogens with zero attached hydrogens (tertiary/aromatic N) is 1. The highest BCUT2D eigenvalue weighted by atomic mass is 16.7. The van der Waals surface area contributed by atoms with Gasteiger partial charge in [0.15, 0.2) is 12.5 Å². The number of hydrogen-bond donors (Lipinski definition) is 1. The summed E-state index contributed by atoms with van der Waals surface area (Å²) in [7, 11) is 0. The van der Waals surface area contributed by atoms with E-state index in [0.717, 1.165) is 25.9 Å². The maximum absolute atomic E-state index is 12.2. The summed E-state index contributed by atoms with van der Waals surface area (Å²) in [5.41, 5.74) is 1.22. The van der Waals surface area contributed by atoms with Gasteiger partial charge in [0.25, 0.3) is 5.91 Å². The van der Waals surface area contributed by atoms with Gasteiger partial charge in [0, 0.05) is 24.3 Å². The van der Waals surface area contributed by atoms with Gasteiger partial charge in [0.05, 0.1) is 33.0 Å². The molecule has 1 N–H and O–H groups in total. The molecule has 2 heterocycles. The molecule has 26 heavy (non-hydrogen) atoms. The Morgan fingerprint density at radius 1 is 1.08 bits per heavy atom. The van der Waals surface area contributed by atoms with Crippen molar-refractivity contribution in [3.05, 3.63) is 35.4 Å². The fourth-order valence-electron chi connectivity index (χ4n) is 3.14. The predicted octanol–water partition coefficient (Wildman–Crippen LogP) is 1.71. The maximum atomic E-state index is 12.2. The number of ether oxygens (including phenoxy) is 4. The van der Waals surface area contributed by atoms with E-state index in [-0.39, 0.29) is 12.2 Å². The first-order valence-electron chi connectivity index (χ1n) is 9.24. The van der Waals surface area contributed by atoms with Crippen LogP contribution in [0.2, 0.25) is 0 Å². The first-order chi connectivity index (χ1) is 12.8. The van der Waals surface area contributed by atoms with Crippen LogP contribution in [0.1, 0.15) is 41.4 Å². The van der Waals surface area contributed by atoms with E-state index in [2.05, 4.69) is 0 Å². The number of rotatable bonds is 10. The highest BCUT2D eigenvalue weighted by molar-refractivity contribution is 5.98. The van der Waals surface area contributed by atoms with Crippen LogP contribution in [-0.2, 0) is 18.9 Å². The Morgan fingerprint density at radius 2 is 1.85 bits per heavy atom. The zero-order chi connectivity index (χ0) is 18.2. The maximum Gasteiger partial charge on any atom is 0.256 e. The van der Waals surface area contributed by atoms with Crippen LogP contribution in [0.5, 0.6) is 0 Å². The van der Waals surface area contributed by atoms with E-state index < -0.39 is 6.23 Å². The summed E-state index contributed by atoms with van der Waals surface area (Å²) < 4.78 is 22.0. The zero-order valence-corrected chi connectivity index (χ0v) is 15.0. The molecule has 0 aliphatic carbocycles. The van der Waals surface area contributed by atoms with Crippen LogP contribution < -0.4 is 0 Å². The molecule has 2 atom stereocenters. The number of hydrogen-bond acceptors (Lipinski definition) is 6. The number of fused-ring (bicyclic) bond motifs is 1. The van der Waals surface area contributed by atoms with Gasteiger partial charge in [-0.05, 0) is 25.3 Å². The number of benzene rings is 1. The van der Waals surface area contributed by atoms with Gasteiger partial charge in [-0.25, -0.2) is 0 Å². The molecular formula is C19H27NO6. The van der Waals surface area contributed by atoms with E-state index in [9.17, 15) is 9.90 Å². The van der Waals surface area contributed by atoms with Crippen LogP contribution >= 0.6 is 0 Å². The molecule has 0 spiro atoms. The average molecular weight is 365 g/mol. The molecule has 1 aromatic rings. The molecule has 1 saturated heterocycles. The van der Waals surface area contributed by atoms with Gasteiger partial charge in [-0.2, -0.15) is 0 Å². The van der Waals surface area contributed by atoms with Gasteiger partial charge in [-0.15, -0.1) is 0 Å². The largest absolute Gasteiger partial charge is 0.377 e. The molecule has 3 rings (SSSR count). The Balaban J connectivity index is 1.21. The highest BCUT2D eigenvalue weighted by Gasteiger charge is 2.34. The van der Waals surface area contributed by atoms with Crippen LogP contribution in [0.3, 0.4) is 0 Å². The number of carbonyl (C=O) groups excluding carboxylic acids is 1. The molecule has 1 aromatic carbocycles. The van der Waals surface area contributed by atoms with Crippen molar-refractivity contribution in [2.75, 3.05) is 46.2 Å². The Hall–Kier alpha value is -1.51. The molecule has 2 unspecified atom stereocenters. The molecule has 7 heteroatoms. The van der Waals surface area contributed by atoms with Gasteiger partial charge in [0.1, 0.15) is 0 Å². The molecule has 0 saturated carbocycles. The van der Waals surface area contributed by atoms with Crippen molar-refractivity contribution in [2.45, 2.75) is 31.8 Å². The second-order valence-corrected chi connectivity index (χ2v) is 6.35. The lowest BCUT2D eigenvalue weighted by molar-refractivity contribution is -0.169. The van der Waals surface area contributed by atoms with Crippen molar-refractivity contribution in [1.29, 1.82) is 0 Å². The van der Waals surface area contributed by atoms with Crippen molar-refractivity contribution >= 4 is 5.91 Å². The Labute approximate surface area is 153 Å². The topological polar surface area (TPSA) is 77.5 Å². The monoisotopic (exact) mass is 365 g/mol. The molecule has 0 radical (unpaired) electrons. The van der Waals surface area contributed by atoms with Crippen molar-refractivity contribution in [3.8, 4) is 0 Å². The number of aliphatic hydroxyl groups excluding tert-OH is 1. The van der Waals surface area contributed by atoms with Gasteiger partial charge >= 0.3 is 0 Å². The summed E-state index contributed by atoms with van der Waals surface area (Å²) in [5, 5.41) is 10.2. The molecule has 2 aliphatic rings. The summed E-state index contributed by atoms with van der Waals surface area (Å²) in [6, 6.07) is 7.12. The third-order valence-corrected chi connectivity index (χ3v) is 4.54. The predicted molar refractivity (Wildman–Crippen MR) is 93.6 cm³/mol. The van der Waals surface area contributed by atoms with E-state index in [1.54, 1.807) is 18.2 Å². The molecule has 1 amide bonds. The smallest absolute Gasteiger partial charge is 0.256 e. The zero-order valence-electron chi connectivity index (χ0n) is 15.0. The molecular weight excluding hydrogens is 338 g/mol. The summed E-state index contributed by atoms with van der Waals surface area (Å²) in [6.45, 7) is 3.39. The summed E-state index contributed by atoms with van der Waals surface area (Å²) in [4.78, 5) is 13.7. The quantitative estimate of drug-likeness (QED) is 0.636. The van der Waals surface area contributed by atoms with Crippen molar-refractivity contribution in [3.63, 3.8) is 0 Å². The molecule has 0 aromatic heterocycles. The lowest BCUT2D eigenvalue weighted by atomic mass is 10.1. The second-order valence-electron chi connectivity index (χ2n) is 6.35. The standard InChI is InChI=1S/C19H27NO6/c21-18-15-5-1-2-6-16(15)19(22)20(18)8-10-23-11-12-24-13-14-26-17-7-3-4-9-25-17/h1-2,5-6,17-18,21H,3-4,7-14H2. The van der Waals surface area contributed by atoms with Crippen molar-refractivity contribution < 1.29 is 28.8 Å². The summed E-state index contributed by atoms with van der Waals surface area (Å²) >= 11 is 0. The van der Waals surface area contributed by atoms with Gasteiger partial charge in [-0.1, -0.05) is 18.2 Å².